The van der Waals surface area contributed by atoms with E-state index in [1.54, 1.807) is 11.8 Å². The maximum Gasteiger partial charge on any atom is 0.232 e. The average molecular weight is 382 g/mol. The van der Waals surface area contributed by atoms with E-state index in [4.69, 9.17) is 0 Å². The predicted molar refractivity (Wildman–Crippen MR) is 112 cm³/mol. The average Bonchev–Trinajstić information content (AvgIpc) is 3.21. The maximum atomic E-state index is 12.7. The molecule has 0 bridgehead atoms. The highest BCUT2D eigenvalue weighted by atomic mass is 32.2. The molecule has 1 amide bonds. The van der Waals surface area contributed by atoms with Gasteiger partial charge in [0.1, 0.15) is 0 Å². The summed E-state index contributed by atoms with van der Waals surface area (Å²) in [6.07, 6.45) is 14.3. The van der Waals surface area contributed by atoms with E-state index < -0.39 is 0 Å². The summed E-state index contributed by atoms with van der Waals surface area (Å²) in [7, 11) is 0. The van der Waals surface area contributed by atoms with E-state index in [1.165, 1.54) is 84.0 Å². The van der Waals surface area contributed by atoms with Gasteiger partial charge in [0.25, 0.3) is 0 Å². The summed E-state index contributed by atoms with van der Waals surface area (Å²) in [6.45, 7) is 7.94. The third-order valence-electron chi connectivity index (χ3n) is 6.63. The maximum absolute atomic E-state index is 12.7. The lowest BCUT2D eigenvalue weighted by Crippen LogP contribution is -2.48. The van der Waals surface area contributed by atoms with Gasteiger partial charge in [-0.25, -0.2) is 0 Å². The van der Waals surface area contributed by atoms with Gasteiger partial charge in [-0.15, -0.1) is 0 Å². The van der Waals surface area contributed by atoms with Gasteiger partial charge < -0.3 is 14.7 Å². The predicted octanol–water partition coefficient (Wildman–Crippen LogP) is 3.32. The lowest BCUT2D eigenvalue weighted by Gasteiger charge is -2.39. The summed E-state index contributed by atoms with van der Waals surface area (Å²) >= 11 is 1.67. The van der Waals surface area contributed by atoms with E-state index in [0.29, 0.717) is 17.6 Å². The van der Waals surface area contributed by atoms with E-state index in [2.05, 4.69) is 14.7 Å². The van der Waals surface area contributed by atoms with Crippen molar-refractivity contribution >= 4 is 17.7 Å². The molecule has 0 N–H and O–H groups in total. The molecule has 2 heterocycles. The normalized spacial score (nSPS) is 26.3. The number of thioether (sulfide) groups is 1. The van der Waals surface area contributed by atoms with Gasteiger partial charge in [0.05, 0.1) is 5.75 Å². The highest BCUT2D eigenvalue weighted by Gasteiger charge is 2.29. The topological polar surface area (TPSA) is 26.8 Å². The summed E-state index contributed by atoms with van der Waals surface area (Å²) in [5.41, 5.74) is 0. The van der Waals surface area contributed by atoms with Crippen molar-refractivity contribution in [2.45, 2.75) is 63.8 Å². The lowest BCUT2D eigenvalue weighted by atomic mass is 9.95. The summed E-state index contributed by atoms with van der Waals surface area (Å²) in [6, 6.07) is 0.835. The Kier molecular flexibility index (Phi) is 8.60. The molecule has 3 fully saturated rings. The number of carbonyl (C=O) groups is 1. The minimum absolute atomic E-state index is 0.354. The van der Waals surface area contributed by atoms with Crippen LogP contribution in [0.5, 0.6) is 0 Å². The van der Waals surface area contributed by atoms with Crippen molar-refractivity contribution in [1.29, 1.82) is 0 Å². The minimum atomic E-state index is 0.354. The Balaban J connectivity index is 1.50. The highest BCUT2D eigenvalue weighted by Crippen LogP contribution is 2.28. The number of amides is 1. The molecule has 5 heteroatoms. The number of hydrogen-bond acceptors (Lipinski definition) is 4. The van der Waals surface area contributed by atoms with E-state index in [0.717, 1.165) is 25.7 Å². The van der Waals surface area contributed by atoms with Crippen LogP contribution in [0.4, 0.5) is 0 Å². The van der Waals surface area contributed by atoms with Gasteiger partial charge in [-0.05, 0) is 70.3 Å². The monoisotopic (exact) mass is 381 g/mol. The van der Waals surface area contributed by atoms with Crippen LogP contribution in [-0.4, -0.2) is 84.5 Å². The van der Waals surface area contributed by atoms with E-state index >= 15 is 0 Å². The number of rotatable bonds is 8. The first-order chi connectivity index (χ1) is 12.8. The Morgan fingerprint density at radius 3 is 2.50 bits per heavy atom. The fourth-order valence-electron chi connectivity index (χ4n) is 5.14. The smallest absolute Gasteiger partial charge is 0.232 e. The molecule has 1 atom stereocenters. The van der Waals surface area contributed by atoms with Crippen LogP contribution in [0.3, 0.4) is 0 Å². The Morgan fingerprint density at radius 2 is 1.77 bits per heavy atom. The van der Waals surface area contributed by atoms with Crippen molar-refractivity contribution in [3.63, 3.8) is 0 Å². The van der Waals surface area contributed by atoms with E-state index in [9.17, 15) is 4.79 Å². The number of likely N-dealkylation sites (tertiary alicyclic amines) is 2. The molecule has 3 aliphatic rings. The molecule has 0 aromatic rings. The van der Waals surface area contributed by atoms with Crippen molar-refractivity contribution in [1.82, 2.24) is 14.7 Å². The first-order valence-corrected chi connectivity index (χ1v) is 12.4. The second-order valence-corrected chi connectivity index (χ2v) is 9.48. The molecular formula is C21H39N3OS. The molecule has 0 radical (unpaired) electrons. The van der Waals surface area contributed by atoms with Crippen LogP contribution in [0.1, 0.15) is 57.8 Å². The molecule has 1 saturated carbocycles. The molecule has 2 aliphatic heterocycles. The first kappa shape index (κ1) is 20.5. The quantitative estimate of drug-likeness (QED) is 0.644. The molecule has 2 saturated heterocycles. The molecule has 150 valence electrons. The van der Waals surface area contributed by atoms with E-state index in [-0.39, 0.29) is 0 Å². The molecule has 1 unspecified atom stereocenters. The standard InChI is InChI=1S/C21H39N3OS/c1-26-18-21(25)24(15-14-22-11-5-2-6-12-22)17-19-8-7-13-23(16-19)20-9-3-4-10-20/h19-20H,2-18H2,1H3. The fraction of sp³-hybridized carbons (Fsp3) is 0.952. The second kappa shape index (κ2) is 10.9. The Labute approximate surface area is 165 Å². The molecule has 3 rings (SSSR count). The van der Waals surface area contributed by atoms with Crippen LogP contribution in [0.2, 0.25) is 0 Å². The van der Waals surface area contributed by atoms with Gasteiger partial charge in [-0.3, -0.25) is 4.79 Å². The molecular weight excluding hydrogens is 342 g/mol. The van der Waals surface area contributed by atoms with Crippen LogP contribution in [0.15, 0.2) is 0 Å². The highest BCUT2D eigenvalue weighted by molar-refractivity contribution is 7.99. The lowest BCUT2D eigenvalue weighted by molar-refractivity contribution is -0.129. The SMILES string of the molecule is CSCC(=O)N(CCN1CCCCC1)CC1CCCN(C2CCCC2)C1. The van der Waals surface area contributed by atoms with Crippen molar-refractivity contribution in [2.24, 2.45) is 5.92 Å². The minimum Gasteiger partial charge on any atom is -0.340 e. The Hall–Kier alpha value is -0.260. The summed E-state index contributed by atoms with van der Waals surface area (Å²) < 4.78 is 0. The molecule has 0 spiro atoms. The Bertz CT molecular complexity index is 421. The van der Waals surface area contributed by atoms with Crippen molar-refractivity contribution in [2.75, 3.05) is 57.8 Å². The molecule has 0 aromatic carbocycles. The zero-order valence-electron chi connectivity index (χ0n) is 16.8. The zero-order chi connectivity index (χ0) is 18.2. The third kappa shape index (κ3) is 6.13. The van der Waals surface area contributed by atoms with Crippen molar-refractivity contribution < 1.29 is 4.79 Å². The van der Waals surface area contributed by atoms with Crippen LogP contribution < -0.4 is 0 Å². The summed E-state index contributed by atoms with van der Waals surface area (Å²) in [4.78, 5) is 20.2. The van der Waals surface area contributed by atoms with Gasteiger partial charge in [-0.2, -0.15) is 11.8 Å². The van der Waals surface area contributed by atoms with Gasteiger partial charge >= 0.3 is 0 Å². The summed E-state index contributed by atoms with van der Waals surface area (Å²) in [5, 5.41) is 0. The fourth-order valence-corrected chi connectivity index (χ4v) is 5.57. The van der Waals surface area contributed by atoms with Gasteiger partial charge in [0.2, 0.25) is 5.91 Å². The van der Waals surface area contributed by atoms with Crippen LogP contribution in [-0.2, 0) is 4.79 Å². The van der Waals surface area contributed by atoms with Crippen LogP contribution in [0.25, 0.3) is 0 Å². The number of carbonyl (C=O) groups excluding carboxylic acids is 1. The second-order valence-electron chi connectivity index (χ2n) is 8.62. The molecule has 4 nitrogen and oxygen atoms in total. The summed E-state index contributed by atoms with van der Waals surface area (Å²) in [5.74, 6) is 1.67. The van der Waals surface area contributed by atoms with Crippen LogP contribution in [0, 0.1) is 5.92 Å². The van der Waals surface area contributed by atoms with E-state index in [1.807, 2.05) is 6.26 Å². The largest absolute Gasteiger partial charge is 0.340 e. The number of nitrogens with zero attached hydrogens (tertiary/aromatic N) is 3. The Morgan fingerprint density at radius 1 is 1.00 bits per heavy atom. The molecule has 26 heavy (non-hydrogen) atoms. The van der Waals surface area contributed by atoms with Crippen molar-refractivity contribution in [3.8, 4) is 0 Å². The molecule has 0 aromatic heterocycles. The first-order valence-electron chi connectivity index (χ1n) is 11.0. The van der Waals surface area contributed by atoms with Gasteiger partial charge in [0, 0.05) is 32.2 Å². The number of piperidine rings is 2. The van der Waals surface area contributed by atoms with Crippen LogP contribution >= 0.6 is 11.8 Å². The molecule has 1 aliphatic carbocycles. The zero-order valence-corrected chi connectivity index (χ0v) is 17.7. The van der Waals surface area contributed by atoms with Gasteiger partial charge in [0.15, 0.2) is 0 Å². The third-order valence-corrected chi connectivity index (χ3v) is 7.16. The number of hydrogen-bond donors (Lipinski definition) is 0. The van der Waals surface area contributed by atoms with Crippen molar-refractivity contribution in [3.05, 3.63) is 0 Å². The van der Waals surface area contributed by atoms with Gasteiger partial charge in [-0.1, -0.05) is 19.3 Å².